The zero-order valence-electron chi connectivity index (χ0n) is 11.6. The number of alkyl halides is 1. The Morgan fingerprint density at radius 1 is 1.10 bits per heavy atom. The predicted molar refractivity (Wildman–Crippen MR) is 84.5 cm³/mol. The zero-order chi connectivity index (χ0) is 13.8. The minimum atomic E-state index is 0.570. The molecule has 1 heterocycles. The van der Waals surface area contributed by atoms with Crippen LogP contribution >= 0.6 is 11.6 Å². The molecule has 1 aliphatic rings. The topological polar surface area (TPSA) is 29.0 Å². The lowest BCUT2D eigenvalue weighted by Gasteiger charge is -2.35. The molecule has 0 radical (unpaired) electrons. The molecule has 0 saturated heterocycles. The fourth-order valence-electron chi connectivity index (χ4n) is 3.16. The van der Waals surface area contributed by atoms with Crippen molar-refractivity contribution in [3.05, 3.63) is 30.6 Å². The van der Waals surface area contributed by atoms with Crippen molar-refractivity contribution in [2.75, 3.05) is 17.3 Å². The second-order valence-corrected chi connectivity index (χ2v) is 5.77. The largest absolute Gasteiger partial charge is 0.352 e. The molecule has 0 unspecified atom stereocenters. The number of para-hydroxylation sites is 1. The molecule has 1 aromatic heterocycles. The number of halogens is 1. The van der Waals surface area contributed by atoms with Gasteiger partial charge in [0, 0.05) is 23.9 Å². The van der Waals surface area contributed by atoms with Crippen molar-refractivity contribution in [2.24, 2.45) is 0 Å². The SMILES string of the molecule is ClCCN(c1ncnc2ccccc12)C1CCCCC1. The van der Waals surface area contributed by atoms with Crippen LogP contribution < -0.4 is 4.90 Å². The van der Waals surface area contributed by atoms with Gasteiger partial charge in [-0.3, -0.25) is 0 Å². The van der Waals surface area contributed by atoms with Gasteiger partial charge in [0.25, 0.3) is 0 Å². The molecule has 1 saturated carbocycles. The molecular formula is C16H20ClN3. The summed E-state index contributed by atoms with van der Waals surface area (Å²) in [6, 6.07) is 8.79. The number of hydrogen-bond donors (Lipinski definition) is 0. The van der Waals surface area contributed by atoms with Gasteiger partial charge in [-0.1, -0.05) is 31.4 Å². The molecule has 0 aliphatic heterocycles. The highest BCUT2D eigenvalue weighted by Crippen LogP contribution is 2.30. The van der Waals surface area contributed by atoms with Crippen LogP contribution in [0.15, 0.2) is 30.6 Å². The molecule has 0 spiro atoms. The van der Waals surface area contributed by atoms with Crippen molar-refractivity contribution >= 4 is 28.3 Å². The first-order chi connectivity index (χ1) is 9.90. The number of fused-ring (bicyclic) bond motifs is 1. The molecule has 0 N–H and O–H groups in total. The highest BCUT2D eigenvalue weighted by molar-refractivity contribution is 6.18. The van der Waals surface area contributed by atoms with Crippen molar-refractivity contribution in [3.8, 4) is 0 Å². The zero-order valence-corrected chi connectivity index (χ0v) is 12.4. The number of anilines is 1. The molecule has 3 nitrogen and oxygen atoms in total. The summed E-state index contributed by atoms with van der Waals surface area (Å²) in [5.41, 5.74) is 1.01. The standard InChI is InChI=1S/C16H20ClN3/c17-10-11-20(13-6-2-1-3-7-13)16-14-8-4-5-9-15(14)18-12-19-16/h4-5,8-9,12-13H,1-3,6-7,10-11H2. The van der Waals surface area contributed by atoms with E-state index >= 15 is 0 Å². The molecule has 2 aromatic rings. The lowest BCUT2D eigenvalue weighted by Crippen LogP contribution is -2.39. The van der Waals surface area contributed by atoms with Gasteiger partial charge in [-0.25, -0.2) is 9.97 Å². The first-order valence-corrected chi connectivity index (χ1v) is 7.96. The number of hydrogen-bond acceptors (Lipinski definition) is 3. The summed E-state index contributed by atoms with van der Waals surface area (Å²) in [4.78, 5) is 11.3. The van der Waals surface area contributed by atoms with Crippen molar-refractivity contribution < 1.29 is 0 Å². The summed E-state index contributed by atoms with van der Waals surface area (Å²) in [5.74, 6) is 1.68. The van der Waals surface area contributed by atoms with Gasteiger partial charge >= 0.3 is 0 Å². The van der Waals surface area contributed by atoms with Gasteiger partial charge in [0.2, 0.25) is 0 Å². The average Bonchev–Trinajstić information content (AvgIpc) is 2.53. The molecule has 3 rings (SSSR count). The molecule has 1 fully saturated rings. The van der Waals surface area contributed by atoms with E-state index in [-0.39, 0.29) is 0 Å². The van der Waals surface area contributed by atoms with E-state index in [9.17, 15) is 0 Å². The number of rotatable bonds is 4. The second-order valence-electron chi connectivity index (χ2n) is 5.39. The van der Waals surface area contributed by atoms with E-state index in [4.69, 9.17) is 11.6 Å². The Bertz CT molecular complexity index is 561. The molecular weight excluding hydrogens is 270 g/mol. The van der Waals surface area contributed by atoms with Gasteiger partial charge in [0.1, 0.15) is 12.1 Å². The summed E-state index contributed by atoms with van der Waals surface area (Å²) >= 11 is 6.03. The lowest BCUT2D eigenvalue weighted by molar-refractivity contribution is 0.417. The Morgan fingerprint density at radius 3 is 2.70 bits per heavy atom. The number of aromatic nitrogens is 2. The summed E-state index contributed by atoms with van der Waals surface area (Å²) in [5, 5.41) is 1.13. The number of nitrogens with zero attached hydrogens (tertiary/aromatic N) is 3. The minimum Gasteiger partial charge on any atom is -0.352 e. The van der Waals surface area contributed by atoms with Gasteiger partial charge in [-0.2, -0.15) is 0 Å². The average molecular weight is 290 g/mol. The third kappa shape index (κ3) is 2.73. The molecule has 4 heteroatoms. The summed E-state index contributed by atoms with van der Waals surface area (Å²) < 4.78 is 0. The van der Waals surface area contributed by atoms with Crippen LogP contribution in [0.1, 0.15) is 32.1 Å². The first-order valence-electron chi connectivity index (χ1n) is 7.42. The van der Waals surface area contributed by atoms with Crippen LogP contribution in [0.5, 0.6) is 0 Å². The van der Waals surface area contributed by atoms with Crippen molar-refractivity contribution in [3.63, 3.8) is 0 Å². The second kappa shape index (κ2) is 6.40. The van der Waals surface area contributed by atoms with Crippen LogP contribution in [0.4, 0.5) is 5.82 Å². The van der Waals surface area contributed by atoms with Crippen molar-refractivity contribution in [1.29, 1.82) is 0 Å². The van der Waals surface area contributed by atoms with E-state index in [0.717, 1.165) is 23.3 Å². The molecule has 0 amide bonds. The third-order valence-electron chi connectivity index (χ3n) is 4.13. The summed E-state index contributed by atoms with van der Waals surface area (Å²) in [6.45, 7) is 0.854. The van der Waals surface area contributed by atoms with Gasteiger partial charge in [0.05, 0.1) is 5.52 Å². The highest BCUT2D eigenvalue weighted by Gasteiger charge is 2.23. The fourth-order valence-corrected chi connectivity index (χ4v) is 3.35. The maximum Gasteiger partial charge on any atom is 0.140 e. The van der Waals surface area contributed by atoms with Gasteiger partial charge in [0.15, 0.2) is 0 Å². The Hall–Kier alpha value is -1.35. The lowest BCUT2D eigenvalue weighted by atomic mass is 9.94. The summed E-state index contributed by atoms with van der Waals surface area (Å²) in [6.07, 6.45) is 8.14. The molecule has 20 heavy (non-hydrogen) atoms. The van der Waals surface area contributed by atoms with Crippen LogP contribution in [0, 0.1) is 0 Å². The van der Waals surface area contributed by atoms with E-state index in [2.05, 4.69) is 27.0 Å². The van der Waals surface area contributed by atoms with E-state index in [1.165, 1.54) is 32.1 Å². The van der Waals surface area contributed by atoms with Crippen LogP contribution in [-0.2, 0) is 0 Å². The Morgan fingerprint density at radius 2 is 1.90 bits per heavy atom. The molecule has 1 aromatic carbocycles. The molecule has 106 valence electrons. The Kier molecular flexibility index (Phi) is 4.36. The predicted octanol–water partition coefficient (Wildman–Crippen LogP) is 4.01. The number of benzene rings is 1. The van der Waals surface area contributed by atoms with Gasteiger partial charge < -0.3 is 4.90 Å². The fraction of sp³-hybridized carbons (Fsp3) is 0.500. The van der Waals surface area contributed by atoms with Crippen LogP contribution in [0.25, 0.3) is 10.9 Å². The third-order valence-corrected chi connectivity index (χ3v) is 4.30. The maximum absolute atomic E-state index is 6.03. The first kappa shape index (κ1) is 13.6. The quantitative estimate of drug-likeness (QED) is 0.797. The smallest absolute Gasteiger partial charge is 0.140 e. The Balaban J connectivity index is 2.00. The molecule has 1 aliphatic carbocycles. The van der Waals surface area contributed by atoms with E-state index in [0.29, 0.717) is 11.9 Å². The summed E-state index contributed by atoms with van der Waals surface area (Å²) in [7, 11) is 0. The Labute approximate surface area is 125 Å². The van der Waals surface area contributed by atoms with E-state index in [1.807, 2.05) is 12.1 Å². The van der Waals surface area contributed by atoms with Crippen LogP contribution in [0.3, 0.4) is 0 Å². The monoisotopic (exact) mass is 289 g/mol. The van der Waals surface area contributed by atoms with Gasteiger partial charge in [-0.05, 0) is 25.0 Å². The van der Waals surface area contributed by atoms with Crippen molar-refractivity contribution in [1.82, 2.24) is 9.97 Å². The van der Waals surface area contributed by atoms with Crippen LogP contribution in [0.2, 0.25) is 0 Å². The molecule has 0 bridgehead atoms. The van der Waals surface area contributed by atoms with E-state index < -0.39 is 0 Å². The van der Waals surface area contributed by atoms with Gasteiger partial charge in [-0.15, -0.1) is 11.6 Å². The maximum atomic E-state index is 6.03. The highest BCUT2D eigenvalue weighted by atomic mass is 35.5. The normalized spacial score (nSPS) is 16.4. The molecule has 0 atom stereocenters. The minimum absolute atomic E-state index is 0.570. The van der Waals surface area contributed by atoms with E-state index in [1.54, 1.807) is 6.33 Å². The van der Waals surface area contributed by atoms with Crippen molar-refractivity contribution in [2.45, 2.75) is 38.1 Å². The van der Waals surface area contributed by atoms with Crippen LogP contribution in [-0.4, -0.2) is 28.4 Å².